The minimum atomic E-state index is -0.272. The Kier molecular flexibility index (Phi) is 7.65. The molecule has 1 heterocycles. The first kappa shape index (κ1) is 18.7. The van der Waals surface area contributed by atoms with Gasteiger partial charge in [-0.3, -0.25) is 9.59 Å². The molecule has 1 aliphatic rings. The molecule has 22 heavy (non-hydrogen) atoms. The quantitative estimate of drug-likeness (QED) is 0.768. The van der Waals surface area contributed by atoms with Gasteiger partial charge < -0.3 is 16.0 Å². The predicted molar refractivity (Wildman–Crippen MR) is 91.0 cm³/mol. The number of carbonyl (C=O) groups is 2. The van der Waals surface area contributed by atoms with Crippen LogP contribution in [-0.4, -0.2) is 31.4 Å². The number of hydrogen-bond donors (Lipinski definition) is 3. The lowest BCUT2D eigenvalue weighted by Crippen LogP contribution is -2.23. The average Bonchev–Trinajstić information content (AvgIpc) is 2.99. The van der Waals surface area contributed by atoms with Crippen LogP contribution in [0.4, 0.5) is 5.69 Å². The summed E-state index contributed by atoms with van der Waals surface area (Å²) in [6.45, 7) is 1.04. The summed E-state index contributed by atoms with van der Waals surface area (Å²) < 4.78 is 0. The van der Waals surface area contributed by atoms with Crippen LogP contribution in [0, 0.1) is 0 Å². The van der Waals surface area contributed by atoms with Gasteiger partial charge in [0.15, 0.2) is 0 Å². The smallest absolute Gasteiger partial charge is 0.252 e. The summed E-state index contributed by atoms with van der Waals surface area (Å²) in [6.07, 6.45) is 3.62. The van der Waals surface area contributed by atoms with E-state index in [1.54, 1.807) is 25.2 Å². The molecule has 0 bridgehead atoms. The molecule has 1 aromatic rings. The molecule has 2 rings (SSSR count). The van der Waals surface area contributed by atoms with Crippen LogP contribution < -0.4 is 16.0 Å². The third-order valence-electron chi connectivity index (χ3n) is 3.60. The number of amides is 2. The topological polar surface area (TPSA) is 70.2 Å². The van der Waals surface area contributed by atoms with Gasteiger partial charge in [-0.1, -0.05) is 11.6 Å². The molecule has 0 saturated carbocycles. The van der Waals surface area contributed by atoms with Gasteiger partial charge in [-0.25, -0.2) is 0 Å². The SMILES string of the molecule is CNC(=O)c1cc(NC(=O)CCC2CCCN2)ccc1Cl.Cl. The zero-order valence-electron chi connectivity index (χ0n) is 12.4. The van der Waals surface area contributed by atoms with Crippen LogP contribution in [0.3, 0.4) is 0 Å². The number of benzene rings is 1. The molecule has 0 aromatic heterocycles. The van der Waals surface area contributed by atoms with E-state index in [-0.39, 0.29) is 24.2 Å². The lowest BCUT2D eigenvalue weighted by Gasteiger charge is -2.11. The highest BCUT2D eigenvalue weighted by Gasteiger charge is 2.16. The van der Waals surface area contributed by atoms with Crippen LogP contribution in [0.2, 0.25) is 5.02 Å². The lowest BCUT2D eigenvalue weighted by atomic mass is 10.1. The largest absolute Gasteiger partial charge is 0.355 e. The molecule has 2 amide bonds. The molecular weight excluding hydrogens is 325 g/mol. The highest BCUT2D eigenvalue weighted by atomic mass is 35.5. The van der Waals surface area contributed by atoms with Crippen molar-refractivity contribution in [2.24, 2.45) is 0 Å². The van der Waals surface area contributed by atoms with Crippen molar-refractivity contribution in [2.45, 2.75) is 31.7 Å². The highest BCUT2D eigenvalue weighted by Crippen LogP contribution is 2.21. The van der Waals surface area contributed by atoms with Crippen LogP contribution in [0.25, 0.3) is 0 Å². The maximum absolute atomic E-state index is 11.9. The van der Waals surface area contributed by atoms with Crippen molar-refractivity contribution >= 4 is 41.5 Å². The Morgan fingerprint density at radius 1 is 1.41 bits per heavy atom. The van der Waals surface area contributed by atoms with Crippen LogP contribution in [-0.2, 0) is 4.79 Å². The average molecular weight is 346 g/mol. The molecule has 0 radical (unpaired) electrons. The number of hydrogen-bond acceptors (Lipinski definition) is 3. The summed E-state index contributed by atoms with van der Waals surface area (Å²) in [7, 11) is 1.54. The van der Waals surface area contributed by atoms with Crippen molar-refractivity contribution in [3.05, 3.63) is 28.8 Å². The fraction of sp³-hybridized carbons (Fsp3) is 0.467. The Balaban J connectivity index is 0.00000242. The van der Waals surface area contributed by atoms with Gasteiger partial charge in [0, 0.05) is 25.2 Å². The van der Waals surface area contributed by atoms with Crippen molar-refractivity contribution in [3.63, 3.8) is 0 Å². The van der Waals surface area contributed by atoms with E-state index in [4.69, 9.17) is 11.6 Å². The first-order valence-corrected chi connectivity index (χ1v) is 7.53. The van der Waals surface area contributed by atoms with Crippen molar-refractivity contribution in [1.29, 1.82) is 0 Å². The van der Waals surface area contributed by atoms with Crippen molar-refractivity contribution in [1.82, 2.24) is 10.6 Å². The molecule has 122 valence electrons. The molecular formula is C15H21Cl2N3O2. The standard InChI is InChI=1S/C15H20ClN3O2.ClH/c1-17-15(21)12-9-11(4-6-13(12)16)19-14(20)7-5-10-3-2-8-18-10;/h4,6,9-10,18H,2-3,5,7-8H2,1H3,(H,17,21)(H,19,20);1H. The molecule has 3 N–H and O–H groups in total. The molecule has 1 aromatic carbocycles. The summed E-state index contributed by atoms with van der Waals surface area (Å²) >= 11 is 5.97. The molecule has 1 fully saturated rings. The molecule has 1 atom stereocenters. The van der Waals surface area contributed by atoms with Gasteiger partial charge in [0.25, 0.3) is 5.91 Å². The van der Waals surface area contributed by atoms with Crippen molar-refractivity contribution in [3.8, 4) is 0 Å². The van der Waals surface area contributed by atoms with Gasteiger partial charge in [0.1, 0.15) is 0 Å². The Morgan fingerprint density at radius 2 is 2.18 bits per heavy atom. The minimum Gasteiger partial charge on any atom is -0.355 e. The summed E-state index contributed by atoms with van der Waals surface area (Å²) in [4.78, 5) is 23.6. The van der Waals surface area contributed by atoms with Crippen LogP contribution in [0.15, 0.2) is 18.2 Å². The Bertz CT molecular complexity index is 532. The third kappa shape index (κ3) is 5.16. The van der Waals surface area contributed by atoms with Gasteiger partial charge in [0.05, 0.1) is 10.6 Å². The Labute approximate surface area is 141 Å². The van der Waals surface area contributed by atoms with Crippen molar-refractivity contribution < 1.29 is 9.59 Å². The van der Waals surface area contributed by atoms with E-state index in [0.717, 1.165) is 19.4 Å². The number of carbonyl (C=O) groups excluding carboxylic acids is 2. The minimum absolute atomic E-state index is 0. The number of nitrogens with one attached hydrogen (secondary N) is 3. The molecule has 1 unspecified atom stereocenters. The Morgan fingerprint density at radius 3 is 2.82 bits per heavy atom. The Hall–Kier alpha value is -1.30. The van der Waals surface area contributed by atoms with E-state index in [1.807, 2.05) is 0 Å². The predicted octanol–water partition coefficient (Wildman–Crippen LogP) is 2.59. The molecule has 7 heteroatoms. The monoisotopic (exact) mass is 345 g/mol. The first-order valence-electron chi connectivity index (χ1n) is 7.15. The molecule has 5 nitrogen and oxygen atoms in total. The molecule has 1 aliphatic heterocycles. The van der Waals surface area contributed by atoms with E-state index in [1.165, 1.54) is 6.42 Å². The van der Waals surface area contributed by atoms with Gasteiger partial charge in [-0.05, 0) is 44.0 Å². The van der Waals surface area contributed by atoms with Crippen LogP contribution in [0.5, 0.6) is 0 Å². The molecule has 0 spiro atoms. The van der Waals surface area contributed by atoms with E-state index < -0.39 is 0 Å². The maximum atomic E-state index is 11.9. The summed E-state index contributed by atoms with van der Waals surface area (Å²) in [6, 6.07) is 5.34. The second-order valence-electron chi connectivity index (χ2n) is 5.15. The van der Waals surface area contributed by atoms with Gasteiger partial charge in [-0.2, -0.15) is 0 Å². The van der Waals surface area contributed by atoms with Crippen molar-refractivity contribution in [2.75, 3.05) is 18.9 Å². The van der Waals surface area contributed by atoms with Crippen LogP contribution in [0.1, 0.15) is 36.0 Å². The van der Waals surface area contributed by atoms with E-state index >= 15 is 0 Å². The van der Waals surface area contributed by atoms with Gasteiger partial charge in [-0.15, -0.1) is 12.4 Å². The summed E-state index contributed by atoms with van der Waals surface area (Å²) in [5.74, 6) is -0.319. The third-order valence-corrected chi connectivity index (χ3v) is 3.93. The zero-order chi connectivity index (χ0) is 15.2. The number of rotatable bonds is 5. The van der Waals surface area contributed by atoms with E-state index in [2.05, 4.69) is 16.0 Å². The van der Waals surface area contributed by atoms with E-state index in [9.17, 15) is 9.59 Å². The molecule has 0 aliphatic carbocycles. The second kappa shape index (κ2) is 8.98. The van der Waals surface area contributed by atoms with E-state index in [0.29, 0.717) is 28.7 Å². The summed E-state index contributed by atoms with van der Waals surface area (Å²) in [5.41, 5.74) is 0.941. The maximum Gasteiger partial charge on any atom is 0.252 e. The zero-order valence-corrected chi connectivity index (χ0v) is 14.0. The lowest BCUT2D eigenvalue weighted by molar-refractivity contribution is -0.116. The normalized spacial score (nSPS) is 16.7. The fourth-order valence-electron chi connectivity index (χ4n) is 2.44. The van der Waals surface area contributed by atoms with Gasteiger partial charge >= 0.3 is 0 Å². The number of anilines is 1. The number of halogens is 2. The second-order valence-corrected chi connectivity index (χ2v) is 5.56. The summed E-state index contributed by atoms with van der Waals surface area (Å²) in [5, 5.41) is 9.06. The highest BCUT2D eigenvalue weighted by molar-refractivity contribution is 6.34. The molecule has 1 saturated heterocycles. The first-order chi connectivity index (χ1) is 10.1. The fourth-order valence-corrected chi connectivity index (χ4v) is 2.65. The van der Waals surface area contributed by atoms with Gasteiger partial charge in [0.2, 0.25) is 5.91 Å². The van der Waals surface area contributed by atoms with Crippen LogP contribution >= 0.6 is 24.0 Å².